The van der Waals surface area contributed by atoms with Gasteiger partial charge < -0.3 is 18.6 Å². The molecule has 0 saturated heterocycles. The van der Waals surface area contributed by atoms with Crippen molar-refractivity contribution >= 4 is 28.1 Å². The van der Waals surface area contributed by atoms with E-state index in [0.717, 1.165) is 10.1 Å². The number of aromatic nitrogens is 2. The van der Waals surface area contributed by atoms with Gasteiger partial charge in [0.15, 0.2) is 17.3 Å². The van der Waals surface area contributed by atoms with Crippen molar-refractivity contribution in [3.05, 3.63) is 113 Å². The zero-order valence-corrected chi connectivity index (χ0v) is 21.5. The highest BCUT2D eigenvalue weighted by molar-refractivity contribution is 5.89. The smallest absolute Gasteiger partial charge is 0.282 e. The van der Waals surface area contributed by atoms with Crippen LogP contribution in [0.5, 0.6) is 23.0 Å². The predicted octanol–water partition coefficient (Wildman–Crippen LogP) is 6.64. The number of halogens is 1. The van der Waals surface area contributed by atoms with Gasteiger partial charge in [0.1, 0.15) is 22.8 Å². The molecular formula is C31H22FN3O5. The maximum absolute atomic E-state index is 14.8. The molecule has 0 spiro atoms. The average Bonchev–Trinajstić information content (AvgIpc) is 3.43. The van der Waals surface area contributed by atoms with E-state index in [1.165, 1.54) is 25.5 Å². The molecule has 198 valence electrons. The van der Waals surface area contributed by atoms with E-state index in [0.29, 0.717) is 39.3 Å². The Labute approximate surface area is 227 Å². The summed E-state index contributed by atoms with van der Waals surface area (Å²) in [5, 5.41) is 5.56. The van der Waals surface area contributed by atoms with Gasteiger partial charge in [0.2, 0.25) is 5.82 Å². The number of benzene rings is 4. The van der Waals surface area contributed by atoms with E-state index in [4.69, 9.17) is 23.6 Å². The first kappa shape index (κ1) is 24.9. The van der Waals surface area contributed by atoms with Gasteiger partial charge in [0.25, 0.3) is 5.56 Å². The van der Waals surface area contributed by atoms with Crippen LogP contribution in [0, 0.1) is 5.82 Å². The Morgan fingerprint density at radius 2 is 1.62 bits per heavy atom. The van der Waals surface area contributed by atoms with Gasteiger partial charge in [-0.2, -0.15) is 9.78 Å². The fraction of sp³-hybridized carbons (Fsp3) is 0.0645. The van der Waals surface area contributed by atoms with Crippen molar-refractivity contribution in [1.29, 1.82) is 0 Å². The number of hydrogen-bond donors (Lipinski definition) is 0. The third-order valence-electron chi connectivity index (χ3n) is 6.28. The highest BCUT2D eigenvalue weighted by Gasteiger charge is 2.18. The molecule has 0 aliphatic carbocycles. The molecule has 6 aromatic rings. The SMILES string of the molecule is COc1cc(F)c(Oc2ccccc2)cc1C=Nn1c(-c2cc3c(OC)cccc3o2)nc2ccccc2c1=O. The lowest BCUT2D eigenvalue weighted by atomic mass is 10.2. The predicted molar refractivity (Wildman–Crippen MR) is 150 cm³/mol. The van der Waals surface area contributed by atoms with Crippen LogP contribution < -0.4 is 19.8 Å². The van der Waals surface area contributed by atoms with Crippen molar-refractivity contribution in [3.8, 4) is 34.6 Å². The van der Waals surface area contributed by atoms with Crippen LogP contribution in [0.2, 0.25) is 0 Å². The first-order valence-electron chi connectivity index (χ1n) is 12.3. The minimum Gasteiger partial charge on any atom is -0.496 e. The number of rotatable bonds is 7. The first-order chi connectivity index (χ1) is 19.6. The fourth-order valence-electron chi connectivity index (χ4n) is 4.35. The molecule has 0 N–H and O–H groups in total. The summed E-state index contributed by atoms with van der Waals surface area (Å²) in [6.07, 6.45) is 1.39. The second-order valence-electron chi connectivity index (χ2n) is 8.74. The van der Waals surface area contributed by atoms with Gasteiger partial charge in [-0.1, -0.05) is 36.4 Å². The lowest BCUT2D eigenvalue weighted by molar-refractivity contribution is 0.401. The summed E-state index contributed by atoms with van der Waals surface area (Å²) < 4.78 is 38.6. The summed E-state index contributed by atoms with van der Waals surface area (Å²) >= 11 is 0. The topological polar surface area (TPSA) is 88.1 Å². The van der Waals surface area contributed by atoms with Gasteiger partial charge in [-0.05, 0) is 48.5 Å². The average molecular weight is 536 g/mol. The molecular weight excluding hydrogens is 513 g/mol. The number of methoxy groups -OCH3 is 2. The van der Waals surface area contributed by atoms with E-state index in [1.54, 1.807) is 67.8 Å². The molecule has 0 bridgehead atoms. The maximum atomic E-state index is 14.8. The number of furan rings is 1. The fourth-order valence-corrected chi connectivity index (χ4v) is 4.35. The van der Waals surface area contributed by atoms with Crippen LogP contribution in [-0.4, -0.2) is 30.1 Å². The standard InChI is InChI=1S/C31H22FN3O5/c1-37-25-13-8-14-26-22(25)16-29(40-26)30-34-24-12-7-6-11-21(24)31(36)35(30)33-18-19-15-28(23(32)17-27(19)38-2)39-20-9-4-3-5-10-20/h3-18H,1-2H3. The molecule has 0 saturated carbocycles. The lowest BCUT2D eigenvalue weighted by Crippen LogP contribution is -2.20. The molecule has 0 aliphatic rings. The molecule has 4 aromatic carbocycles. The minimum absolute atomic E-state index is 0.0259. The van der Waals surface area contributed by atoms with Crippen molar-refractivity contribution in [2.45, 2.75) is 0 Å². The number of hydrogen-bond acceptors (Lipinski definition) is 7. The maximum Gasteiger partial charge on any atom is 0.282 e. The van der Waals surface area contributed by atoms with E-state index in [9.17, 15) is 9.18 Å². The van der Waals surface area contributed by atoms with Gasteiger partial charge in [-0.25, -0.2) is 9.37 Å². The van der Waals surface area contributed by atoms with Gasteiger partial charge in [-0.15, -0.1) is 0 Å². The van der Waals surface area contributed by atoms with Crippen LogP contribution in [-0.2, 0) is 0 Å². The molecule has 40 heavy (non-hydrogen) atoms. The number of nitrogens with zero attached hydrogens (tertiary/aromatic N) is 3. The monoisotopic (exact) mass is 535 g/mol. The molecule has 0 fully saturated rings. The van der Waals surface area contributed by atoms with E-state index in [1.807, 2.05) is 18.2 Å². The molecule has 2 aromatic heterocycles. The van der Waals surface area contributed by atoms with Crippen LogP contribution >= 0.6 is 0 Å². The Morgan fingerprint density at radius 1 is 0.850 bits per heavy atom. The highest BCUT2D eigenvalue weighted by Crippen LogP contribution is 2.33. The van der Waals surface area contributed by atoms with Crippen LogP contribution in [0.4, 0.5) is 4.39 Å². The molecule has 0 atom stereocenters. The summed E-state index contributed by atoms with van der Waals surface area (Å²) in [4.78, 5) is 18.3. The Bertz CT molecular complexity index is 1950. The largest absolute Gasteiger partial charge is 0.496 e. The molecule has 0 aliphatic heterocycles. The zero-order valence-electron chi connectivity index (χ0n) is 21.5. The molecule has 9 heteroatoms. The van der Waals surface area contributed by atoms with Gasteiger partial charge >= 0.3 is 0 Å². The Balaban J connectivity index is 1.50. The second kappa shape index (κ2) is 10.4. The van der Waals surface area contributed by atoms with Crippen LogP contribution in [0.15, 0.2) is 105 Å². The molecule has 0 unspecified atom stereocenters. The van der Waals surface area contributed by atoms with Crippen molar-refractivity contribution in [2.75, 3.05) is 14.2 Å². The van der Waals surface area contributed by atoms with Crippen LogP contribution in [0.1, 0.15) is 5.56 Å². The third kappa shape index (κ3) is 4.54. The highest BCUT2D eigenvalue weighted by atomic mass is 19.1. The first-order valence-corrected chi connectivity index (χ1v) is 12.3. The normalized spacial score (nSPS) is 11.4. The minimum atomic E-state index is -0.612. The number of ether oxygens (including phenoxy) is 3. The summed E-state index contributed by atoms with van der Waals surface area (Å²) in [5.41, 5.74) is 1.02. The summed E-state index contributed by atoms with van der Waals surface area (Å²) in [5.74, 6) is 1.15. The molecule has 6 rings (SSSR count). The number of fused-ring (bicyclic) bond motifs is 2. The Kier molecular flexibility index (Phi) is 6.45. The number of para-hydroxylation sites is 2. The quantitative estimate of drug-likeness (QED) is 0.213. The summed E-state index contributed by atoms with van der Waals surface area (Å²) in [6.45, 7) is 0. The molecule has 8 nitrogen and oxygen atoms in total. The second-order valence-corrected chi connectivity index (χ2v) is 8.74. The van der Waals surface area contributed by atoms with Crippen molar-refractivity contribution < 1.29 is 23.0 Å². The van der Waals surface area contributed by atoms with Crippen molar-refractivity contribution in [3.63, 3.8) is 0 Å². The van der Waals surface area contributed by atoms with Crippen molar-refractivity contribution in [1.82, 2.24) is 9.66 Å². The van der Waals surface area contributed by atoms with Gasteiger partial charge in [-0.3, -0.25) is 4.79 Å². The third-order valence-corrected chi connectivity index (χ3v) is 6.28. The summed E-state index contributed by atoms with van der Waals surface area (Å²) in [7, 11) is 2.99. The van der Waals surface area contributed by atoms with Crippen molar-refractivity contribution in [2.24, 2.45) is 5.10 Å². The molecule has 0 radical (unpaired) electrons. The van der Waals surface area contributed by atoms with Gasteiger partial charge in [0, 0.05) is 11.6 Å². The van der Waals surface area contributed by atoms with E-state index in [-0.39, 0.29) is 17.3 Å². The van der Waals surface area contributed by atoms with E-state index >= 15 is 0 Å². The van der Waals surface area contributed by atoms with E-state index in [2.05, 4.69) is 5.10 Å². The lowest BCUT2D eigenvalue weighted by Gasteiger charge is -2.11. The van der Waals surface area contributed by atoms with Crippen LogP contribution in [0.3, 0.4) is 0 Å². The molecule has 0 amide bonds. The van der Waals surface area contributed by atoms with Crippen LogP contribution in [0.25, 0.3) is 33.5 Å². The summed E-state index contributed by atoms with van der Waals surface area (Å²) in [6, 6.07) is 25.6. The molecule has 2 heterocycles. The Morgan fingerprint density at radius 3 is 2.42 bits per heavy atom. The Hall–Kier alpha value is -5.44. The van der Waals surface area contributed by atoms with E-state index < -0.39 is 11.4 Å². The zero-order chi connectivity index (χ0) is 27.6. The van der Waals surface area contributed by atoms with Gasteiger partial charge in [0.05, 0.1) is 36.7 Å².